The first-order valence-electron chi connectivity index (χ1n) is 1.82. The fraction of sp³-hybridized carbons (Fsp3) is 0.200. The summed E-state index contributed by atoms with van der Waals surface area (Å²) < 4.78 is 0. The number of hydrogen-bond acceptors (Lipinski definition) is 0. The van der Waals surface area contributed by atoms with Crippen molar-refractivity contribution in [1.82, 2.24) is 0 Å². The molecule has 1 aliphatic rings. The van der Waals surface area contributed by atoms with Gasteiger partial charge in [0.2, 0.25) is 0 Å². The predicted molar refractivity (Wildman–Crippen MR) is 22.9 cm³/mol. The van der Waals surface area contributed by atoms with E-state index < -0.39 is 0 Å². The van der Waals surface area contributed by atoms with Crippen LogP contribution in [0.5, 0.6) is 0 Å². The largest absolute Gasteiger partial charge is 2.00 e. The molecule has 0 spiro atoms. The van der Waals surface area contributed by atoms with Crippen LogP contribution in [-0.4, -0.2) is 0 Å². The monoisotopic (exact) mass is 331 g/mol. The second-order valence-electron chi connectivity index (χ2n) is 1.09. The van der Waals surface area contributed by atoms with E-state index in [0.29, 0.717) is 0 Å². The van der Waals surface area contributed by atoms with Gasteiger partial charge in [0.1, 0.15) is 0 Å². The molecule has 0 N–H and O–H groups in total. The summed E-state index contributed by atoms with van der Waals surface area (Å²) in [5.74, 6) is 0. The first-order chi connectivity index (χ1) is 2.50. The molecule has 0 aromatic carbocycles. The van der Waals surface area contributed by atoms with E-state index in [-0.39, 0.29) is 45.9 Å². The maximum Gasteiger partial charge on any atom is 2.00 e. The van der Waals surface area contributed by atoms with Crippen molar-refractivity contribution in [2.24, 2.45) is 0 Å². The molecule has 0 aliphatic heterocycles. The predicted octanol–water partition coefficient (Wildman–Crippen LogP) is -4.49. The van der Waals surface area contributed by atoms with Crippen LogP contribution in [0.25, 0.3) is 0 Å². The van der Waals surface area contributed by atoms with Crippen LogP contribution >= 0.6 is 0 Å². The minimum atomic E-state index is 0. The Morgan fingerprint density at radius 1 is 0.875 bits per heavy atom. The molecule has 0 bridgehead atoms. The van der Waals surface area contributed by atoms with Gasteiger partial charge in [0.15, 0.2) is 0 Å². The summed E-state index contributed by atoms with van der Waals surface area (Å²) in [4.78, 5) is 0. The van der Waals surface area contributed by atoms with E-state index in [0.717, 1.165) is 6.42 Å². The van der Waals surface area contributed by atoms with Gasteiger partial charge in [-0.2, -0.15) is 0 Å². The summed E-state index contributed by atoms with van der Waals surface area (Å²) in [7, 11) is 0. The first kappa shape index (κ1) is 15.9. The fourth-order valence-corrected chi connectivity index (χ4v) is 0.393. The third-order valence-electron chi connectivity index (χ3n) is 0.655. The molecule has 0 radical (unpaired) electrons. The molecule has 0 heterocycles. The smallest absolute Gasteiger partial charge is 1.00 e. The molecular weight excluding hydrogens is 326 g/mol. The van der Waals surface area contributed by atoms with Crippen LogP contribution in [0.3, 0.4) is 0 Å². The Morgan fingerprint density at radius 3 is 1.38 bits per heavy atom. The molecule has 50 valence electrons. The van der Waals surface area contributed by atoms with Crippen LogP contribution in [0, 0.1) is 0 Å². The Balaban J connectivity index is -0.0000000833. The van der Waals surface area contributed by atoms with Gasteiger partial charge in [-0.15, -0.1) is 0 Å². The zero-order valence-corrected chi connectivity index (χ0v) is 7.87. The zero-order valence-electron chi connectivity index (χ0n) is 4.09. The molecule has 0 aromatic rings. The fourth-order valence-electron chi connectivity index (χ4n) is 0.393. The van der Waals surface area contributed by atoms with Crippen molar-refractivity contribution in [3.8, 4) is 0 Å². The van der Waals surface area contributed by atoms with Crippen molar-refractivity contribution >= 4 is 0 Å². The van der Waals surface area contributed by atoms with Crippen LogP contribution in [-0.2, 0) is 21.1 Å². The third kappa shape index (κ3) is 6.75. The van der Waals surface area contributed by atoms with E-state index in [1.807, 2.05) is 0 Å². The number of rotatable bonds is 0. The van der Waals surface area contributed by atoms with Gasteiger partial charge >= 0.3 is 21.1 Å². The Bertz CT molecular complexity index is 68.5. The number of hydrogen-bond donors (Lipinski definition) is 0. The minimum Gasteiger partial charge on any atom is -1.00 e. The van der Waals surface area contributed by atoms with Crippen LogP contribution in [0.4, 0.5) is 0 Å². The van der Waals surface area contributed by atoms with E-state index in [1.54, 1.807) is 0 Å². The summed E-state index contributed by atoms with van der Waals surface area (Å²) >= 11 is 0. The molecule has 0 nitrogen and oxygen atoms in total. The number of halogens is 2. The van der Waals surface area contributed by atoms with Gasteiger partial charge in [-0.25, -0.2) is 0 Å². The summed E-state index contributed by atoms with van der Waals surface area (Å²) in [5, 5.41) is 0. The molecule has 0 amide bonds. The molecular formula is C5H6Cl2Pt. The molecule has 0 fully saturated rings. The first-order valence-corrected chi connectivity index (χ1v) is 1.82. The second kappa shape index (κ2) is 10.7. The Labute approximate surface area is 76.5 Å². The van der Waals surface area contributed by atoms with E-state index in [1.165, 1.54) is 0 Å². The second-order valence-corrected chi connectivity index (χ2v) is 1.09. The van der Waals surface area contributed by atoms with Crippen molar-refractivity contribution in [3.63, 3.8) is 0 Å². The Kier molecular flexibility index (Phi) is 21.2. The van der Waals surface area contributed by atoms with Crippen LogP contribution in [0.1, 0.15) is 6.42 Å². The topological polar surface area (TPSA) is 0 Å². The van der Waals surface area contributed by atoms with Gasteiger partial charge < -0.3 is 24.8 Å². The number of allylic oxidation sites excluding steroid dienone is 4. The molecule has 0 aromatic heterocycles. The molecule has 1 rings (SSSR count). The van der Waals surface area contributed by atoms with E-state index in [4.69, 9.17) is 0 Å². The molecule has 0 atom stereocenters. The van der Waals surface area contributed by atoms with Gasteiger partial charge in [-0.1, -0.05) is 24.3 Å². The summed E-state index contributed by atoms with van der Waals surface area (Å²) in [5.41, 5.74) is 0. The van der Waals surface area contributed by atoms with E-state index >= 15 is 0 Å². The van der Waals surface area contributed by atoms with Crippen LogP contribution in [0.15, 0.2) is 24.3 Å². The van der Waals surface area contributed by atoms with Gasteiger partial charge in [0.25, 0.3) is 0 Å². The van der Waals surface area contributed by atoms with E-state index in [2.05, 4.69) is 24.3 Å². The quantitative estimate of drug-likeness (QED) is 0.420. The molecule has 0 saturated heterocycles. The van der Waals surface area contributed by atoms with E-state index in [9.17, 15) is 0 Å². The normalized spacial score (nSPS) is 11.0. The zero-order chi connectivity index (χ0) is 3.54. The summed E-state index contributed by atoms with van der Waals surface area (Å²) in [6, 6.07) is 0. The van der Waals surface area contributed by atoms with Gasteiger partial charge in [-0.3, -0.25) is 0 Å². The average molecular weight is 332 g/mol. The minimum absolute atomic E-state index is 0. The van der Waals surface area contributed by atoms with Crippen molar-refractivity contribution in [3.05, 3.63) is 24.3 Å². The van der Waals surface area contributed by atoms with Gasteiger partial charge in [0, 0.05) is 0 Å². The van der Waals surface area contributed by atoms with Gasteiger partial charge in [0.05, 0.1) is 0 Å². The maximum atomic E-state index is 2.12. The van der Waals surface area contributed by atoms with Crippen molar-refractivity contribution < 1.29 is 45.9 Å². The average Bonchev–Trinajstić information content (AvgIpc) is 1.76. The molecule has 0 unspecified atom stereocenters. The molecule has 8 heavy (non-hydrogen) atoms. The van der Waals surface area contributed by atoms with Crippen molar-refractivity contribution in [2.75, 3.05) is 0 Å². The van der Waals surface area contributed by atoms with Gasteiger partial charge in [-0.05, 0) is 6.42 Å². The molecule has 0 saturated carbocycles. The SMILES string of the molecule is C1=CCC=C1.[Cl-].[Cl-].[Pt+2]. The van der Waals surface area contributed by atoms with Crippen molar-refractivity contribution in [2.45, 2.75) is 6.42 Å². The molecule has 3 heteroatoms. The summed E-state index contributed by atoms with van der Waals surface area (Å²) in [6.07, 6.45) is 9.50. The maximum absolute atomic E-state index is 2.12. The third-order valence-corrected chi connectivity index (χ3v) is 0.655. The van der Waals surface area contributed by atoms with Crippen LogP contribution in [0.2, 0.25) is 0 Å². The molecule has 1 aliphatic carbocycles. The Hall–Kier alpha value is 0.748. The summed E-state index contributed by atoms with van der Waals surface area (Å²) in [6.45, 7) is 0. The standard InChI is InChI=1S/C5H6.2ClH.Pt/c1-2-4-5-3-1;;;/h1-4H,5H2;2*1H;/q;;;+2/p-2. The van der Waals surface area contributed by atoms with Crippen LogP contribution < -0.4 is 24.8 Å². The van der Waals surface area contributed by atoms with Crippen molar-refractivity contribution in [1.29, 1.82) is 0 Å². The Morgan fingerprint density at radius 2 is 1.25 bits per heavy atom.